The summed E-state index contributed by atoms with van der Waals surface area (Å²) >= 11 is 5.87. The molecular formula is C10H12ClNO3. The molecule has 0 atom stereocenters. The zero-order chi connectivity index (χ0) is 11.3. The highest BCUT2D eigenvalue weighted by Crippen LogP contribution is 2.25. The number of hydrogen-bond acceptors (Lipinski definition) is 3. The van der Waals surface area contributed by atoms with Crippen molar-refractivity contribution in [1.82, 2.24) is 0 Å². The van der Waals surface area contributed by atoms with E-state index in [4.69, 9.17) is 27.2 Å². The summed E-state index contributed by atoms with van der Waals surface area (Å²) in [6, 6.07) is 4.96. The second-order valence-electron chi connectivity index (χ2n) is 2.99. The fraction of sp³-hybridized carbons (Fsp3) is 0.300. The van der Waals surface area contributed by atoms with E-state index in [2.05, 4.69) is 0 Å². The van der Waals surface area contributed by atoms with E-state index in [-0.39, 0.29) is 19.6 Å². The molecule has 0 aliphatic rings. The van der Waals surface area contributed by atoms with E-state index in [0.717, 1.165) is 0 Å². The molecule has 1 aromatic carbocycles. The Balaban J connectivity index is 2.58. The number of nitrogens with two attached hydrogens (primary N) is 1. The fourth-order valence-corrected chi connectivity index (χ4v) is 1.28. The van der Waals surface area contributed by atoms with E-state index in [1.54, 1.807) is 18.2 Å². The van der Waals surface area contributed by atoms with Gasteiger partial charge in [0.1, 0.15) is 5.75 Å². The van der Waals surface area contributed by atoms with Crippen LogP contribution in [0.4, 0.5) is 0 Å². The highest BCUT2D eigenvalue weighted by atomic mass is 35.5. The van der Waals surface area contributed by atoms with Gasteiger partial charge in [0, 0.05) is 0 Å². The first-order valence-electron chi connectivity index (χ1n) is 4.44. The van der Waals surface area contributed by atoms with E-state index in [1.807, 2.05) is 0 Å². The minimum absolute atomic E-state index is 0.0682. The number of hydrogen-bond donors (Lipinski definition) is 2. The predicted octanol–water partition coefficient (Wildman–Crippen LogP) is 1.09. The molecule has 1 aromatic rings. The lowest BCUT2D eigenvalue weighted by Gasteiger charge is -2.07. The van der Waals surface area contributed by atoms with Gasteiger partial charge in [-0.2, -0.15) is 0 Å². The van der Waals surface area contributed by atoms with Gasteiger partial charge in [-0.3, -0.25) is 4.79 Å². The van der Waals surface area contributed by atoms with Gasteiger partial charge in [-0.25, -0.2) is 0 Å². The van der Waals surface area contributed by atoms with Crippen LogP contribution >= 0.6 is 11.6 Å². The lowest BCUT2D eigenvalue weighted by molar-refractivity contribution is -0.118. The molecule has 1 amide bonds. The van der Waals surface area contributed by atoms with E-state index in [0.29, 0.717) is 16.3 Å². The van der Waals surface area contributed by atoms with Gasteiger partial charge in [-0.1, -0.05) is 17.7 Å². The Kier molecular flexibility index (Phi) is 4.39. The average Bonchev–Trinajstić information content (AvgIpc) is 2.20. The third kappa shape index (κ3) is 3.77. The summed E-state index contributed by atoms with van der Waals surface area (Å²) in [5.41, 5.74) is 5.67. The number of aliphatic hydroxyl groups is 1. The van der Waals surface area contributed by atoms with Crippen LogP contribution < -0.4 is 10.5 Å². The monoisotopic (exact) mass is 229 g/mol. The molecule has 82 valence electrons. The van der Waals surface area contributed by atoms with Gasteiger partial charge in [0.2, 0.25) is 5.91 Å². The molecule has 0 heterocycles. The van der Waals surface area contributed by atoms with Gasteiger partial charge in [0.05, 0.1) is 24.7 Å². The number of ether oxygens (including phenoxy) is 1. The minimum Gasteiger partial charge on any atom is -0.491 e. The predicted molar refractivity (Wildman–Crippen MR) is 56.7 cm³/mol. The molecule has 0 spiro atoms. The maximum atomic E-state index is 10.5. The first kappa shape index (κ1) is 11.8. The summed E-state index contributed by atoms with van der Waals surface area (Å²) in [4.78, 5) is 10.5. The zero-order valence-corrected chi connectivity index (χ0v) is 8.83. The Labute approximate surface area is 92.6 Å². The van der Waals surface area contributed by atoms with Crippen molar-refractivity contribution in [3.8, 4) is 5.75 Å². The van der Waals surface area contributed by atoms with Crippen molar-refractivity contribution in [3.05, 3.63) is 28.8 Å². The van der Waals surface area contributed by atoms with E-state index >= 15 is 0 Å². The number of aliphatic hydroxyl groups excluding tert-OH is 1. The van der Waals surface area contributed by atoms with Gasteiger partial charge in [0.15, 0.2) is 0 Å². The summed E-state index contributed by atoms with van der Waals surface area (Å²) in [7, 11) is 0. The van der Waals surface area contributed by atoms with Crippen molar-refractivity contribution >= 4 is 17.5 Å². The number of carbonyl (C=O) groups excluding carboxylic acids is 1. The Morgan fingerprint density at radius 2 is 2.27 bits per heavy atom. The summed E-state index contributed by atoms with van der Waals surface area (Å²) in [6.45, 7) is 0.134. The van der Waals surface area contributed by atoms with E-state index in [1.165, 1.54) is 0 Å². The lowest BCUT2D eigenvalue weighted by atomic mass is 10.2. The van der Waals surface area contributed by atoms with Gasteiger partial charge in [-0.05, 0) is 17.7 Å². The number of benzene rings is 1. The van der Waals surface area contributed by atoms with Crippen LogP contribution in [0.25, 0.3) is 0 Å². The van der Waals surface area contributed by atoms with Crippen LogP contribution in [0.15, 0.2) is 18.2 Å². The second-order valence-corrected chi connectivity index (χ2v) is 3.39. The number of rotatable bonds is 5. The van der Waals surface area contributed by atoms with Crippen molar-refractivity contribution in [3.63, 3.8) is 0 Å². The van der Waals surface area contributed by atoms with E-state index < -0.39 is 5.91 Å². The molecule has 15 heavy (non-hydrogen) atoms. The molecule has 3 N–H and O–H groups in total. The molecule has 0 aromatic heterocycles. The van der Waals surface area contributed by atoms with Gasteiger partial charge < -0.3 is 15.6 Å². The van der Waals surface area contributed by atoms with Crippen molar-refractivity contribution in [1.29, 1.82) is 0 Å². The maximum Gasteiger partial charge on any atom is 0.220 e. The second kappa shape index (κ2) is 5.58. The average molecular weight is 230 g/mol. The highest BCUT2D eigenvalue weighted by molar-refractivity contribution is 6.32. The summed E-state index contributed by atoms with van der Waals surface area (Å²) in [6.07, 6.45) is 0.151. The van der Waals surface area contributed by atoms with Crippen LogP contribution in [0.1, 0.15) is 12.0 Å². The van der Waals surface area contributed by atoms with Crippen LogP contribution in [0.2, 0.25) is 5.02 Å². The van der Waals surface area contributed by atoms with Gasteiger partial charge in [-0.15, -0.1) is 0 Å². The standard InChI is InChI=1S/C10H12ClNO3/c11-8-5-7(6-13)1-2-9(8)15-4-3-10(12)14/h1-2,5,13H,3-4,6H2,(H2,12,14). The number of halogens is 1. The molecule has 1 rings (SSSR count). The molecule has 5 heteroatoms. The lowest BCUT2D eigenvalue weighted by Crippen LogP contribution is -2.14. The van der Waals surface area contributed by atoms with Crippen molar-refractivity contribution in [2.24, 2.45) is 5.73 Å². The maximum absolute atomic E-state index is 10.5. The SMILES string of the molecule is NC(=O)CCOc1ccc(CO)cc1Cl. The number of amides is 1. The molecule has 0 aliphatic carbocycles. The van der Waals surface area contributed by atoms with Crippen LogP contribution in [-0.4, -0.2) is 17.6 Å². The van der Waals surface area contributed by atoms with Crippen molar-refractivity contribution in [2.75, 3.05) is 6.61 Å². The third-order valence-corrected chi connectivity index (χ3v) is 2.08. The summed E-state index contributed by atoms with van der Waals surface area (Å²) < 4.78 is 5.23. The molecule has 0 unspecified atom stereocenters. The fourth-order valence-electron chi connectivity index (χ4n) is 1.02. The molecule has 4 nitrogen and oxygen atoms in total. The minimum atomic E-state index is -0.418. The van der Waals surface area contributed by atoms with Crippen LogP contribution in [0.5, 0.6) is 5.75 Å². The molecule has 0 aliphatic heterocycles. The number of primary amides is 1. The van der Waals surface area contributed by atoms with Crippen LogP contribution in [-0.2, 0) is 11.4 Å². The van der Waals surface area contributed by atoms with Crippen LogP contribution in [0.3, 0.4) is 0 Å². The van der Waals surface area contributed by atoms with Crippen LogP contribution in [0, 0.1) is 0 Å². The first-order chi connectivity index (χ1) is 7.13. The third-order valence-electron chi connectivity index (χ3n) is 1.78. The Morgan fingerprint density at radius 1 is 1.53 bits per heavy atom. The largest absolute Gasteiger partial charge is 0.491 e. The van der Waals surface area contributed by atoms with Gasteiger partial charge >= 0.3 is 0 Å². The summed E-state index contributed by atoms with van der Waals surface area (Å²) in [5, 5.41) is 9.25. The first-order valence-corrected chi connectivity index (χ1v) is 4.81. The molecule has 0 fully saturated rings. The molecule has 0 bridgehead atoms. The van der Waals surface area contributed by atoms with Gasteiger partial charge in [0.25, 0.3) is 0 Å². The van der Waals surface area contributed by atoms with Crippen molar-refractivity contribution < 1.29 is 14.6 Å². The van der Waals surface area contributed by atoms with E-state index in [9.17, 15) is 4.79 Å². The molecule has 0 radical (unpaired) electrons. The Bertz CT molecular complexity index is 355. The summed E-state index contributed by atoms with van der Waals surface area (Å²) in [5.74, 6) is 0.0632. The normalized spacial score (nSPS) is 10.0. The zero-order valence-electron chi connectivity index (χ0n) is 8.07. The molecule has 0 saturated heterocycles. The Morgan fingerprint density at radius 3 is 2.80 bits per heavy atom. The Hall–Kier alpha value is -1.26. The quantitative estimate of drug-likeness (QED) is 0.794. The van der Waals surface area contributed by atoms with Crippen molar-refractivity contribution in [2.45, 2.75) is 13.0 Å². The topological polar surface area (TPSA) is 72.6 Å². The molecule has 0 saturated carbocycles. The smallest absolute Gasteiger partial charge is 0.220 e. The highest BCUT2D eigenvalue weighted by Gasteiger charge is 2.03. The number of carbonyl (C=O) groups is 1. The molecular weight excluding hydrogens is 218 g/mol.